The molecule has 3 aromatic rings. The van der Waals surface area contributed by atoms with Gasteiger partial charge in [0.25, 0.3) is 0 Å². The van der Waals surface area contributed by atoms with Crippen LogP contribution in [0.25, 0.3) is 0 Å². The second-order valence-corrected chi connectivity index (χ2v) is 12.0. The summed E-state index contributed by atoms with van der Waals surface area (Å²) in [6.45, 7) is 8.10. The maximum atomic E-state index is 12.3. The molecular weight excluding hydrogens is 532 g/mol. The topological polar surface area (TPSA) is 75.0 Å². The fourth-order valence-corrected chi connectivity index (χ4v) is 5.95. The van der Waals surface area contributed by atoms with Gasteiger partial charge in [-0.05, 0) is 32.3 Å². The molecule has 0 spiro atoms. The number of furan rings is 1. The molecule has 0 aliphatic carbocycles. The summed E-state index contributed by atoms with van der Waals surface area (Å²) in [5.74, 6) is -0.369. The molecule has 0 N–H and O–H groups in total. The Bertz CT molecular complexity index is 1220. The van der Waals surface area contributed by atoms with Gasteiger partial charge in [0.2, 0.25) is 6.79 Å². The van der Waals surface area contributed by atoms with E-state index in [0.29, 0.717) is 11.0 Å². The Kier molecular flexibility index (Phi) is 11.6. The molecule has 2 aromatic carbocycles. The molecule has 1 atom stereocenters. The zero-order valence-corrected chi connectivity index (χ0v) is 25.2. The molecule has 1 fully saturated rings. The fourth-order valence-electron chi connectivity index (χ4n) is 5.95. The summed E-state index contributed by atoms with van der Waals surface area (Å²) < 4.78 is 22.5. The lowest BCUT2D eigenvalue weighted by molar-refractivity contribution is -0.945. The molecule has 226 valence electrons. The van der Waals surface area contributed by atoms with Crippen molar-refractivity contribution in [1.82, 2.24) is 0 Å². The van der Waals surface area contributed by atoms with Gasteiger partial charge in [-0.25, -0.2) is 4.79 Å². The quantitative estimate of drug-likeness (QED) is 0.119. The number of carbonyl (C=O) groups excluding carboxylic acids is 2. The van der Waals surface area contributed by atoms with Crippen LogP contribution in [-0.4, -0.2) is 67.7 Å². The lowest BCUT2D eigenvalue weighted by Crippen LogP contribution is -2.51. The summed E-state index contributed by atoms with van der Waals surface area (Å²) in [5.41, 5.74) is 4.86. The van der Waals surface area contributed by atoms with Crippen LogP contribution < -0.4 is 0 Å². The van der Waals surface area contributed by atoms with E-state index in [1.54, 1.807) is 6.26 Å². The van der Waals surface area contributed by atoms with Crippen LogP contribution in [0.4, 0.5) is 4.79 Å². The van der Waals surface area contributed by atoms with Crippen LogP contribution in [0.5, 0.6) is 0 Å². The van der Waals surface area contributed by atoms with Gasteiger partial charge in [-0.3, -0.25) is 4.79 Å². The first-order valence-corrected chi connectivity index (χ1v) is 15.1. The minimum atomic E-state index is -0.831. The van der Waals surface area contributed by atoms with Crippen LogP contribution in [0.2, 0.25) is 0 Å². The Morgan fingerprint density at radius 2 is 1.57 bits per heavy atom. The molecule has 4 rings (SSSR count). The number of rotatable bonds is 15. The second-order valence-electron chi connectivity index (χ2n) is 12.0. The molecule has 1 saturated heterocycles. The van der Waals surface area contributed by atoms with Crippen molar-refractivity contribution in [3.05, 3.63) is 95.4 Å². The smallest absolute Gasteiger partial charge is 0.472 e. The lowest BCUT2D eigenvalue weighted by atomic mass is 10.0. The van der Waals surface area contributed by atoms with Crippen LogP contribution in [0.15, 0.2) is 77.6 Å². The van der Waals surface area contributed by atoms with E-state index in [2.05, 4.69) is 50.4 Å². The highest BCUT2D eigenvalue weighted by atomic mass is 16.8. The molecule has 42 heavy (non-hydrogen) atoms. The monoisotopic (exact) mass is 578 g/mol. The molecular formula is C34H46N2O6+2. The molecule has 1 aromatic heterocycles. The van der Waals surface area contributed by atoms with Gasteiger partial charge in [0.15, 0.2) is 0 Å². The van der Waals surface area contributed by atoms with Gasteiger partial charge in [0.1, 0.15) is 32.8 Å². The maximum absolute atomic E-state index is 12.3. The zero-order chi connectivity index (χ0) is 29.7. The largest absolute Gasteiger partial charge is 0.511 e. The summed E-state index contributed by atoms with van der Waals surface area (Å²) in [5, 5.41) is 0. The van der Waals surface area contributed by atoms with E-state index in [-0.39, 0.29) is 19.0 Å². The van der Waals surface area contributed by atoms with Gasteiger partial charge in [0, 0.05) is 23.1 Å². The lowest BCUT2D eigenvalue weighted by Gasteiger charge is -2.41. The number of likely N-dealkylation sites (N-methyl/N-ethyl adjacent to an activating group) is 1. The third kappa shape index (κ3) is 10.3. The van der Waals surface area contributed by atoms with E-state index in [1.165, 1.54) is 41.5 Å². The predicted octanol–water partition coefficient (Wildman–Crippen LogP) is 6.37. The van der Waals surface area contributed by atoms with Gasteiger partial charge >= 0.3 is 12.1 Å². The van der Waals surface area contributed by atoms with E-state index < -0.39 is 12.9 Å². The number of piperidine rings is 1. The van der Waals surface area contributed by atoms with Gasteiger partial charge in [-0.2, -0.15) is 0 Å². The number of hydrogen-bond acceptors (Lipinski definition) is 6. The highest BCUT2D eigenvalue weighted by Crippen LogP contribution is 2.24. The summed E-state index contributed by atoms with van der Waals surface area (Å²) in [6, 6.07) is 20.9. The molecule has 1 unspecified atom stereocenters. The van der Waals surface area contributed by atoms with Gasteiger partial charge in [-0.1, -0.05) is 60.2 Å². The molecule has 1 aliphatic heterocycles. The van der Waals surface area contributed by atoms with Gasteiger partial charge < -0.3 is 27.6 Å². The van der Waals surface area contributed by atoms with Crippen molar-refractivity contribution in [3.8, 4) is 0 Å². The average molecular weight is 579 g/mol. The number of benzene rings is 2. The molecule has 2 heterocycles. The van der Waals surface area contributed by atoms with E-state index in [4.69, 9.17) is 18.6 Å². The molecule has 8 heteroatoms. The zero-order valence-electron chi connectivity index (χ0n) is 25.2. The Balaban J connectivity index is 1.16. The number of ether oxygens (including phenoxy) is 3. The number of aryl methyl sites for hydroxylation is 1. The number of quaternary nitrogens is 2. The van der Waals surface area contributed by atoms with Crippen molar-refractivity contribution in [3.63, 3.8) is 0 Å². The standard InChI is InChI=1S/C34H46N2O6/c1-29-13-15-31(16-14-29)25-35(2,24-30-10-5-3-6-11-30)21-23-40-34(38)42-28-41-33(37)12-9-20-36(18-7-4-8-19-36)26-32-17-22-39-27-32/h3,5-6,10-11,13-17,22,27H,4,7-9,12,18-21,23-26,28H2,1-2H3/q+2. The van der Waals surface area contributed by atoms with Crippen molar-refractivity contribution in [1.29, 1.82) is 0 Å². The Morgan fingerprint density at radius 1 is 0.857 bits per heavy atom. The van der Waals surface area contributed by atoms with Crippen LogP contribution in [0.3, 0.4) is 0 Å². The SMILES string of the molecule is Cc1ccc(C[N+](C)(CCOC(=O)OCOC(=O)CCC[N+]2(Cc3ccoc3)CCCCC2)Cc2ccccc2)cc1. The van der Waals surface area contributed by atoms with Crippen molar-refractivity contribution in [2.24, 2.45) is 0 Å². The fraction of sp³-hybridized carbons (Fsp3) is 0.471. The first kappa shape index (κ1) is 31.3. The maximum Gasteiger partial charge on any atom is 0.511 e. The highest BCUT2D eigenvalue weighted by Gasteiger charge is 2.30. The third-order valence-electron chi connectivity index (χ3n) is 8.22. The summed E-state index contributed by atoms with van der Waals surface area (Å²) in [6.07, 6.45) is 7.38. The number of esters is 1. The van der Waals surface area contributed by atoms with Crippen LogP contribution in [0.1, 0.15) is 54.4 Å². The first-order valence-electron chi connectivity index (χ1n) is 15.1. The number of nitrogens with zero attached hydrogens (tertiary/aromatic N) is 2. The van der Waals surface area contributed by atoms with Gasteiger partial charge in [-0.15, -0.1) is 0 Å². The minimum absolute atomic E-state index is 0.193. The van der Waals surface area contributed by atoms with Crippen LogP contribution in [-0.2, 0) is 38.6 Å². The second kappa shape index (κ2) is 15.6. The Labute approximate surface area is 250 Å². The predicted molar refractivity (Wildman–Crippen MR) is 160 cm³/mol. The third-order valence-corrected chi connectivity index (χ3v) is 8.22. The van der Waals surface area contributed by atoms with Crippen LogP contribution >= 0.6 is 0 Å². The average Bonchev–Trinajstić information content (AvgIpc) is 3.48. The van der Waals surface area contributed by atoms with E-state index in [0.717, 1.165) is 50.2 Å². The molecule has 8 nitrogen and oxygen atoms in total. The number of carbonyl (C=O) groups is 2. The van der Waals surface area contributed by atoms with Crippen LogP contribution in [0, 0.1) is 6.92 Å². The number of likely N-dealkylation sites (tertiary alicyclic amines) is 1. The minimum Gasteiger partial charge on any atom is -0.472 e. The van der Waals surface area contributed by atoms with E-state index in [9.17, 15) is 9.59 Å². The Hall–Kier alpha value is -3.62. The molecule has 0 radical (unpaired) electrons. The first-order chi connectivity index (χ1) is 20.3. The Morgan fingerprint density at radius 3 is 2.26 bits per heavy atom. The summed E-state index contributed by atoms with van der Waals surface area (Å²) in [7, 11) is 2.16. The van der Waals surface area contributed by atoms with Crippen molar-refractivity contribution < 1.29 is 37.2 Å². The van der Waals surface area contributed by atoms with E-state index in [1.807, 2.05) is 30.5 Å². The molecule has 0 amide bonds. The van der Waals surface area contributed by atoms with Crippen molar-refractivity contribution in [2.75, 3.05) is 46.6 Å². The summed E-state index contributed by atoms with van der Waals surface area (Å²) >= 11 is 0. The van der Waals surface area contributed by atoms with Gasteiger partial charge in [0.05, 0.1) is 45.6 Å². The van der Waals surface area contributed by atoms with Crippen molar-refractivity contribution >= 4 is 12.1 Å². The number of hydrogen-bond donors (Lipinski definition) is 0. The highest BCUT2D eigenvalue weighted by molar-refractivity contribution is 5.69. The van der Waals surface area contributed by atoms with Crippen molar-refractivity contribution in [2.45, 2.75) is 58.7 Å². The van der Waals surface area contributed by atoms with E-state index >= 15 is 0 Å². The molecule has 0 bridgehead atoms. The molecule has 1 aliphatic rings. The summed E-state index contributed by atoms with van der Waals surface area (Å²) in [4.78, 5) is 24.5. The normalized spacial score (nSPS) is 15.9. The molecule has 0 saturated carbocycles.